The van der Waals surface area contributed by atoms with Crippen molar-refractivity contribution in [3.05, 3.63) is 56.2 Å². The normalized spacial score (nSPS) is 16.9. The zero-order valence-corrected chi connectivity index (χ0v) is 14.4. The molecule has 5 nitrogen and oxygen atoms in total. The Kier molecular flexibility index (Phi) is 4.14. The summed E-state index contributed by atoms with van der Waals surface area (Å²) in [7, 11) is 0. The number of anilines is 1. The number of halogens is 1. The highest BCUT2D eigenvalue weighted by atomic mass is 79.9. The number of thiophene rings is 1. The third-order valence-electron chi connectivity index (χ3n) is 3.33. The number of benzene rings is 1. The number of nitrogens with one attached hydrogen (secondary N) is 1. The fourth-order valence-corrected chi connectivity index (χ4v) is 3.61. The zero-order chi connectivity index (χ0) is 16.6. The topological polar surface area (TPSA) is 66.5 Å². The van der Waals surface area contributed by atoms with Gasteiger partial charge >= 0.3 is 6.03 Å². The van der Waals surface area contributed by atoms with Crippen molar-refractivity contribution in [3.63, 3.8) is 0 Å². The number of aryl methyl sites for hydroxylation is 1. The van der Waals surface area contributed by atoms with E-state index in [1.807, 2.05) is 11.4 Å². The van der Waals surface area contributed by atoms with E-state index in [0.717, 1.165) is 19.8 Å². The summed E-state index contributed by atoms with van der Waals surface area (Å²) in [5.74, 6) is -1.31. The van der Waals surface area contributed by atoms with Gasteiger partial charge in [-0.2, -0.15) is 0 Å². The summed E-state index contributed by atoms with van der Waals surface area (Å²) in [5.41, 5.74) is 1.16. The Bertz CT molecular complexity index is 857. The van der Waals surface area contributed by atoms with Crippen molar-refractivity contribution >= 4 is 56.9 Å². The smallest absolute Gasteiger partial charge is 0.273 e. The summed E-state index contributed by atoms with van der Waals surface area (Å²) in [4.78, 5) is 38.6. The Morgan fingerprint density at radius 2 is 1.96 bits per heavy atom. The first-order chi connectivity index (χ1) is 11.0. The average Bonchev–Trinajstić information content (AvgIpc) is 2.91. The quantitative estimate of drug-likeness (QED) is 0.630. The Morgan fingerprint density at radius 3 is 2.61 bits per heavy atom. The fraction of sp³-hybridized carbons (Fsp3) is 0.0625. The fourth-order valence-electron chi connectivity index (χ4n) is 2.24. The average molecular weight is 391 g/mol. The zero-order valence-electron chi connectivity index (χ0n) is 12.0. The van der Waals surface area contributed by atoms with Crippen LogP contribution in [0.25, 0.3) is 6.08 Å². The van der Waals surface area contributed by atoms with Crippen molar-refractivity contribution in [3.8, 4) is 0 Å². The molecular formula is C16H11BrN2O3S. The summed E-state index contributed by atoms with van der Waals surface area (Å²) >= 11 is 4.72. The van der Waals surface area contributed by atoms with E-state index in [4.69, 9.17) is 0 Å². The maximum atomic E-state index is 12.7. The number of imide groups is 2. The van der Waals surface area contributed by atoms with E-state index in [1.54, 1.807) is 31.2 Å². The minimum Gasteiger partial charge on any atom is -0.273 e. The first kappa shape index (κ1) is 15.6. The van der Waals surface area contributed by atoms with Crippen LogP contribution in [-0.4, -0.2) is 17.8 Å². The molecule has 1 aromatic heterocycles. The highest BCUT2D eigenvalue weighted by Crippen LogP contribution is 2.27. The van der Waals surface area contributed by atoms with E-state index in [0.29, 0.717) is 5.69 Å². The molecule has 1 aromatic carbocycles. The van der Waals surface area contributed by atoms with Gasteiger partial charge in [0, 0.05) is 14.7 Å². The van der Waals surface area contributed by atoms with Crippen molar-refractivity contribution in [1.29, 1.82) is 0 Å². The Labute approximate surface area is 144 Å². The van der Waals surface area contributed by atoms with E-state index in [2.05, 4.69) is 21.2 Å². The van der Waals surface area contributed by atoms with E-state index in [9.17, 15) is 14.4 Å². The lowest BCUT2D eigenvalue weighted by atomic mass is 10.1. The maximum absolute atomic E-state index is 12.7. The minimum absolute atomic E-state index is 0.0674. The van der Waals surface area contributed by atoms with Gasteiger partial charge < -0.3 is 0 Å². The lowest BCUT2D eigenvalue weighted by molar-refractivity contribution is -0.122. The molecule has 0 spiro atoms. The van der Waals surface area contributed by atoms with Crippen LogP contribution in [-0.2, 0) is 9.59 Å². The van der Waals surface area contributed by atoms with Crippen molar-refractivity contribution in [2.24, 2.45) is 0 Å². The van der Waals surface area contributed by atoms with Gasteiger partial charge in [-0.3, -0.25) is 14.9 Å². The van der Waals surface area contributed by atoms with Gasteiger partial charge in [0.2, 0.25) is 0 Å². The van der Waals surface area contributed by atoms with Crippen LogP contribution < -0.4 is 10.2 Å². The van der Waals surface area contributed by atoms with Crippen LogP contribution in [0, 0.1) is 6.92 Å². The number of rotatable bonds is 2. The van der Waals surface area contributed by atoms with Gasteiger partial charge in [-0.1, -0.05) is 18.2 Å². The summed E-state index contributed by atoms with van der Waals surface area (Å²) < 4.78 is 0.866. The number of carbonyl (C=O) groups excluding carboxylic acids is 3. The second kappa shape index (κ2) is 6.10. The summed E-state index contributed by atoms with van der Waals surface area (Å²) in [5, 5.41) is 4.06. The lowest BCUT2D eigenvalue weighted by Gasteiger charge is -2.27. The van der Waals surface area contributed by atoms with Crippen LogP contribution in [0.5, 0.6) is 0 Å². The van der Waals surface area contributed by atoms with Crippen LogP contribution >= 0.6 is 27.3 Å². The van der Waals surface area contributed by atoms with Crippen molar-refractivity contribution in [2.75, 3.05) is 4.90 Å². The van der Waals surface area contributed by atoms with Crippen LogP contribution in [0.4, 0.5) is 10.5 Å². The van der Waals surface area contributed by atoms with Crippen LogP contribution in [0.15, 0.2) is 45.8 Å². The van der Waals surface area contributed by atoms with Gasteiger partial charge in [0.15, 0.2) is 0 Å². The molecule has 0 aliphatic carbocycles. The molecule has 0 saturated carbocycles. The molecule has 0 radical (unpaired) electrons. The first-order valence-corrected chi connectivity index (χ1v) is 8.36. The molecule has 1 saturated heterocycles. The number of amides is 4. The second-order valence-electron chi connectivity index (χ2n) is 4.91. The Morgan fingerprint density at radius 1 is 1.22 bits per heavy atom. The number of urea groups is 1. The molecule has 2 heterocycles. The molecule has 2 aromatic rings. The summed E-state index contributed by atoms with van der Waals surface area (Å²) in [6.07, 6.45) is 1.49. The predicted octanol–water partition coefficient (Wildman–Crippen LogP) is 3.49. The van der Waals surface area contributed by atoms with E-state index in [-0.39, 0.29) is 5.57 Å². The Balaban J connectivity index is 2.04. The number of barbiturate groups is 1. The minimum atomic E-state index is -0.737. The van der Waals surface area contributed by atoms with E-state index in [1.165, 1.54) is 17.4 Å². The van der Waals surface area contributed by atoms with Gasteiger partial charge in [0.25, 0.3) is 11.8 Å². The predicted molar refractivity (Wildman–Crippen MR) is 92.2 cm³/mol. The highest BCUT2D eigenvalue weighted by molar-refractivity contribution is 9.10. The second-order valence-corrected chi connectivity index (χ2v) is 6.77. The molecule has 0 bridgehead atoms. The van der Waals surface area contributed by atoms with Crippen molar-refractivity contribution < 1.29 is 14.4 Å². The number of hydrogen-bond acceptors (Lipinski definition) is 4. The van der Waals surface area contributed by atoms with Gasteiger partial charge in [-0.05, 0) is 46.6 Å². The van der Waals surface area contributed by atoms with Crippen LogP contribution in [0.3, 0.4) is 0 Å². The van der Waals surface area contributed by atoms with Gasteiger partial charge in [0.1, 0.15) is 5.57 Å². The molecule has 116 valence electrons. The third kappa shape index (κ3) is 2.97. The molecule has 7 heteroatoms. The van der Waals surface area contributed by atoms with E-state index >= 15 is 0 Å². The molecule has 1 aliphatic rings. The molecular weight excluding hydrogens is 380 g/mol. The molecule has 1 N–H and O–H groups in total. The molecule has 3 rings (SSSR count). The van der Waals surface area contributed by atoms with Crippen molar-refractivity contribution in [2.45, 2.75) is 6.92 Å². The molecule has 1 fully saturated rings. The Hall–Kier alpha value is -2.25. The molecule has 23 heavy (non-hydrogen) atoms. The number of nitrogens with zero attached hydrogens (tertiary/aromatic N) is 1. The number of para-hydroxylation sites is 1. The monoisotopic (exact) mass is 390 g/mol. The third-order valence-corrected chi connectivity index (χ3v) is 4.97. The highest BCUT2D eigenvalue weighted by Gasteiger charge is 2.37. The van der Waals surface area contributed by atoms with Gasteiger partial charge in [0.05, 0.1) is 5.69 Å². The maximum Gasteiger partial charge on any atom is 0.335 e. The molecule has 1 aliphatic heterocycles. The standard InChI is InChI=1S/C16H11BrN2O3S/c1-9-4-2-3-5-13(9)19-15(21)12(14(20)18-16(19)22)7-11-6-10(17)8-23-11/h2-8H,1H3,(H,18,20,22). The van der Waals surface area contributed by atoms with E-state index < -0.39 is 17.8 Å². The molecule has 4 amide bonds. The summed E-state index contributed by atoms with van der Waals surface area (Å²) in [6, 6.07) is 8.08. The largest absolute Gasteiger partial charge is 0.335 e. The van der Waals surface area contributed by atoms with Crippen LogP contribution in [0.1, 0.15) is 10.4 Å². The SMILES string of the molecule is Cc1ccccc1N1C(=O)NC(=O)C(=Cc2cc(Br)cs2)C1=O. The number of carbonyl (C=O) groups is 3. The lowest BCUT2D eigenvalue weighted by Crippen LogP contribution is -2.54. The molecule has 0 atom stereocenters. The van der Waals surface area contributed by atoms with Gasteiger partial charge in [-0.15, -0.1) is 11.3 Å². The van der Waals surface area contributed by atoms with Gasteiger partial charge in [-0.25, -0.2) is 9.69 Å². The van der Waals surface area contributed by atoms with Crippen molar-refractivity contribution in [1.82, 2.24) is 5.32 Å². The first-order valence-electron chi connectivity index (χ1n) is 6.68. The summed E-state index contributed by atoms with van der Waals surface area (Å²) in [6.45, 7) is 1.80. The molecule has 0 unspecified atom stereocenters. The van der Waals surface area contributed by atoms with Crippen LogP contribution in [0.2, 0.25) is 0 Å². The number of hydrogen-bond donors (Lipinski definition) is 1.